The highest BCUT2D eigenvalue weighted by atomic mass is 32.1. The minimum atomic E-state index is -0.305. The van der Waals surface area contributed by atoms with Gasteiger partial charge in [-0.2, -0.15) is 5.26 Å². The second-order valence-electron chi connectivity index (χ2n) is 7.76. The summed E-state index contributed by atoms with van der Waals surface area (Å²) < 4.78 is 14.9. The van der Waals surface area contributed by atoms with Crippen molar-refractivity contribution < 1.29 is 9.18 Å². The Balaban J connectivity index is 1.57. The topological polar surface area (TPSA) is 78.7 Å². The van der Waals surface area contributed by atoms with E-state index in [4.69, 9.17) is 5.26 Å². The molecule has 164 valence electrons. The lowest BCUT2D eigenvalue weighted by Gasteiger charge is -2.13. The van der Waals surface area contributed by atoms with Crippen LogP contribution in [0.15, 0.2) is 78.4 Å². The van der Waals surface area contributed by atoms with Crippen molar-refractivity contribution in [3.63, 3.8) is 0 Å². The first kappa shape index (κ1) is 21.4. The molecule has 7 heteroatoms. The molecule has 0 fully saturated rings. The van der Waals surface area contributed by atoms with Gasteiger partial charge in [-0.15, -0.1) is 11.3 Å². The van der Waals surface area contributed by atoms with E-state index >= 15 is 0 Å². The number of thiazole rings is 1. The van der Waals surface area contributed by atoms with Gasteiger partial charge < -0.3 is 5.32 Å². The Hall–Kier alpha value is -4.41. The van der Waals surface area contributed by atoms with Gasteiger partial charge in [0.2, 0.25) is 0 Å². The third-order valence-electron chi connectivity index (χ3n) is 5.50. The van der Waals surface area contributed by atoms with Gasteiger partial charge in [0.15, 0.2) is 0 Å². The Labute approximate surface area is 199 Å². The summed E-state index contributed by atoms with van der Waals surface area (Å²) in [5.74, 6) is -0.580. The van der Waals surface area contributed by atoms with Gasteiger partial charge in [0.05, 0.1) is 44.9 Å². The number of nitrogens with one attached hydrogen (secondary N) is 1. The van der Waals surface area contributed by atoms with Gasteiger partial charge in [-0.05, 0) is 78.7 Å². The molecule has 0 atom stereocenters. The van der Waals surface area contributed by atoms with Crippen molar-refractivity contribution in [1.82, 2.24) is 9.97 Å². The molecule has 0 unspecified atom stereocenters. The van der Waals surface area contributed by atoms with Crippen LogP contribution in [0.3, 0.4) is 0 Å². The molecule has 0 bridgehead atoms. The number of nitriles is 1. The van der Waals surface area contributed by atoms with Crippen LogP contribution in [0, 0.1) is 24.1 Å². The standard InChI is InChI=1S/C27H17FN4OS/c1-16-10-20(6-8-23(16)28)26-22(19-7-9-24-25(11-19)34-15-31-24)12-21(14-30-26)32-27(33)18-4-2-17(13-29)3-5-18/h2-12,14-15H,1H3,(H,32,33). The minimum Gasteiger partial charge on any atom is -0.321 e. The number of pyridine rings is 1. The van der Waals surface area contributed by atoms with Gasteiger partial charge in [-0.1, -0.05) is 6.07 Å². The average Bonchev–Trinajstić information content (AvgIpc) is 3.34. The van der Waals surface area contributed by atoms with Gasteiger partial charge in [-0.25, -0.2) is 9.37 Å². The van der Waals surface area contributed by atoms with Crippen molar-refractivity contribution >= 4 is 33.1 Å². The van der Waals surface area contributed by atoms with Crippen LogP contribution in [0.4, 0.5) is 10.1 Å². The van der Waals surface area contributed by atoms with Gasteiger partial charge in [0.1, 0.15) is 5.82 Å². The molecule has 0 aliphatic carbocycles. The van der Waals surface area contributed by atoms with Crippen LogP contribution in [-0.4, -0.2) is 15.9 Å². The number of halogens is 1. The molecule has 5 rings (SSSR count). The van der Waals surface area contributed by atoms with E-state index in [9.17, 15) is 9.18 Å². The Kier molecular flexibility index (Phi) is 5.58. The van der Waals surface area contributed by atoms with Crippen molar-refractivity contribution in [1.29, 1.82) is 5.26 Å². The third kappa shape index (κ3) is 4.15. The Morgan fingerprint density at radius 1 is 1.00 bits per heavy atom. The first-order valence-electron chi connectivity index (χ1n) is 10.4. The first-order valence-corrected chi connectivity index (χ1v) is 11.3. The molecule has 0 spiro atoms. The maximum Gasteiger partial charge on any atom is 0.255 e. The van der Waals surface area contributed by atoms with Crippen LogP contribution in [0.1, 0.15) is 21.5 Å². The molecule has 0 saturated heterocycles. The molecular formula is C27H17FN4OS. The van der Waals surface area contributed by atoms with Crippen LogP contribution in [-0.2, 0) is 0 Å². The van der Waals surface area contributed by atoms with Gasteiger partial charge in [-0.3, -0.25) is 9.78 Å². The normalized spacial score (nSPS) is 10.7. The molecule has 3 aromatic carbocycles. The van der Waals surface area contributed by atoms with Crippen molar-refractivity contribution in [2.24, 2.45) is 0 Å². The van der Waals surface area contributed by atoms with E-state index < -0.39 is 0 Å². The zero-order chi connectivity index (χ0) is 23.7. The van der Waals surface area contributed by atoms with E-state index in [0.717, 1.165) is 26.9 Å². The van der Waals surface area contributed by atoms with Crippen molar-refractivity contribution in [3.8, 4) is 28.5 Å². The monoisotopic (exact) mass is 464 g/mol. The van der Waals surface area contributed by atoms with E-state index in [1.165, 1.54) is 6.07 Å². The summed E-state index contributed by atoms with van der Waals surface area (Å²) in [5, 5.41) is 11.8. The third-order valence-corrected chi connectivity index (χ3v) is 6.29. The highest BCUT2D eigenvalue weighted by Gasteiger charge is 2.15. The van der Waals surface area contributed by atoms with Crippen LogP contribution >= 0.6 is 11.3 Å². The number of rotatable bonds is 4. The predicted octanol–water partition coefficient (Wildman–Crippen LogP) is 6.60. The zero-order valence-corrected chi connectivity index (χ0v) is 18.9. The molecule has 0 aliphatic heterocycles. The largest absolute Gasteiger partial charge is 0.321 e. The molecule has 1 amide bonds. The summed E-state index contributed by atoms with van der Waals surface area (Å²) in [5.41, 5.74) is 7.86. The molecule has 34 heavy (non-hydrogen) atoms. The molecular weight excluding hydrogens is 447 g/mol. The Morgan fingerprint density at radius 3 is 2.56 bits per heavy atom. The van der Waals surface area contributed by atoms with E-state index in [1.54, 1.807) is 66.4 Å². The number of hydrogen-bond donors (Lipinski definition) is 1. The number of fused-ring (bicyclic) bond motifs is 1. The highest BCUT2D eigenvalue weighted by Crippen LogP contribution is 2.35. The van der Waals surface area contributed by atoms with Crippen molar-refractivity contribution in [3.05, 3.63) is 101 Å². The highest BCUT2D eigenvalue weighted by molar-refractivity contribution is 7.16. The molecule has 5 aromatic rings. The van der Waals surface area contributed by atoms with E-state index in [1.807, 2.05) is 30.3 Å². The first-order chi connectivity index (χ1) is 16.5. The van der Waals surface area contributed by atoms with Gasteiger partial charge in [0.25, 0.3) is 5.91 Å². The Bertz CT molecular complexity index is 1590. The van der Waals surface area contributed by atoms with Crippen LogP contribution in [0.5, 0.6) is 0 Å². The summed E-state index contributed by atoms with van der Waals surface area (Å²) in [6.07, 6.45) is 1.59. The molecule has 0 radical (unpaired) electrons. The summed E-state index contributed by atoms with van der Waals surface area (Å²) >= 11 is 1.54. The van der Waals surface area contributed by atoms with E-state index in [0.29, 0.717) is 28.1 Å². The number of hydrogen-bond acceptors (Lipinski definition) is 5. The maximum atomic E-state index is 13.9. The molecule has 0 aliphatic rings. The second kappa shape index (κ2) is 8.85. The number of aromatic nitrogens is 2. The summed E-state index contributed by atoms with van der Waals surface area (Å²) in [7, 11) is 0. The summed E-state index contributed by atoms with van der Waals surface area (Å²) in [4.78, 5) is 21.8. The Morgan fingerprint density at radius 2 is 1.79 bits per heavy atom. The average molecular weight is 465 g/mol. The van der Waals surface area contributed by atoms with Crippen LogP contribution in [0.2, 0.25) is 0 Å². The SMILES string of the molecule is Cc1cc(-c2ncc(NC(=O)c3ccc(C#N)cc3)cc2-c2ccc3ncsc3c2)ccc1F. The lowest BCUT2D eigenvalue weighted by molar-refractivity contribution is 0.102. The number of nitrogens with zero attached hydrogens (tertiary/aromatic N) is 3. The number of anilines is 1. The molecule has 2 aromatic heterocycles. The van der Waals surface area contributed by atoms with E-state index in [-0.39, 0.29) is 11.7 Å². The van der Waals surface area contributed by atoms with Crippen molar-refractivity contribution in [2.75, 3.05) is 5.32 Å². The lowest BCUT2D eigenvalue weighted by atomic mass is 9.97. The number of carbonyl (C=O) groups is 1. The van der Waals surface area contributed by atoms with E-state index in [2.05, 4.69) is 15.3 Å². The fourth-order valence-corrected chi connectivity index (χ4v) is 4.41. The fourth-order valence-electron chi connectivity index (χ4n) is 3.70. The predicted molar refractivity (Wildman–Crippen MR) is 132 cm³/mol. The number of aryl methyl sites for hydroxylation is 1. The summed E-state index contributed by atoms with van der Waals surface area (Å²) in [6.45, 7) is 1.72. The smallest absolute Gasteiger partial charge is 0.255 e. The molecule has 5 nitrogen and oxygen atoms in total. The number of carbonyl (C=O) groups excluding carboxylic acids is 1. The second-order valence-corrected chi connectivity index (χ2v) is 8.65. The van der Waals surface area contributed by atoms with Gasteiger partial charge >= 0.3 is 0 Å². The number of amides is 1. The molecule has 1 N–H and O–H groups in total. The van der Waals surface area contributed by atoms with Crippen LogP contribution < -0.4 is 5.32 Å². The van der Waals surface area contributed by atoms with Crippen molar-refractivity contribution in [2.45, 2.75) is 6.92 Å². The number of benzene rings is 3. The molecule has 0 saturated carbocycles. The summed E-state index contributed by atoms with van der Waals surface area (Å²) in [6, 6.07) is 21.2. The molecule has 2 heterocycles. The zero-order valence-electron chi connectivity index (χ0n) is 18.0. The minimum absolute atomic E-state index is 0.275. The maximum absolute atomic E-state index is 13.9. The lowest BCUT2D eigenvalue weighted by Crippen LogP contribution is -2.12. The van der Waals surface area contributed by atoms with Crippen LogP contribution in [0.25, 0.3) is 32.6 Å². The quantitative estimate of drug-likeness (QED) is 0.325. The fraction of sp³-hybridized carbons (Fsp3) is 0.0370. The van der Waals surface area contributed by atoms with Gasteiger partial charge in [0, 0.05) is 16.7 Å².